The van der Waals surface area contributed by atoms with Gasteiger partial charge in [-0.05, 0) is 42.8 Å². The van der Waals surface area contributed by atoms with Gasteiger partial charge in [-0.15, -0.1) is 0 Å². The molecule has 2 aromatic heterocycles. The van der Waals surface area contributed by atoms with Crippen molar-refractivity contribution in [2.75, 3.05) is 6.54 Å². The third kappa shape index (κ3) is 2.78. The van der Waals surface area contributed by atoms with Crippen molar-refractivity contribution < 1.29 is 9.21 Å². The van der Waals surface area contributed by atoms with Gasteiger partial charge in [-0.25, -0.2) is 4.98 Å². The zero-order chi connectivity index (χ0) is 14.8. The highest BCUT2D eigenvalue weighted by atomic mass is 35.5. The van der Waals surface area contributed by atoms with Crippen LogP contribution in [0.1, 0.15) is 16.4 Å². The summed E-state index contributed by atoms with van der Waals surface area (Å²) >= 11 is 5.65. The minimum Gasteiger partial charge on any atom is -0.440 e. The number of hydrogen-bond donors (Lipinski definition) is 1. The van der Waals surface area contributed by atoms with Gasteiger partial charge in [0.15, 0.2) is 11.0 Å². The van der Waals surface area contributed by atoms with E-state index in [0.29, 0.717) is 13.1 Å². The van der Waals surface area contributed by atoms with Crippen LogP contribution < -0.4 is 5.32 Å². The minimum atomic E-state index is -0.274. The summed E-state index contributed by atoms with van der Waals surface area (Å²) in [6, 6.07) is 11.0. The molecule has 1 aromatic carbocycles. The lowest BCUT2D eigenvalue weighted by molar-refractivity contribution is 0.0924. The van der Waals surface area contributed by atoms with E-state index in [9.17, 15) is 4.79 Å². The number of aromatic nitrogens is 2. The summed E-state index contributed by atoms with van der Waals surface area (Å²) in [6.45, 7) is 3.08. The van der Waals surface area contributed by atoms with Gasteiger partial charge in [0.05, 0.1) is 11.0 Å². The van der Waals surface area contributed by atoms with Crippen LogP contribution in [0.5, 0.6) is 0 Å². The number of carbonyl (C=O) groups is 1. The average molecular weight is 304 g/mol. The second-order valence-corrected chi connectivity index (χ2v) is 5.03. The Hall–Kier alpha value is -2.27. The molecule has 3 rings (SSSR count). The first kappa shape index (κ1) is 13.7. The van der Waals surface area contributed by atoms with Gasteiger partial charge < -0.3 is 14.3 Å². The molecule has 0 fully saturated rings. The highest BCUT2D eigenvalue weighted by molar-refractivity contribution is 6.29. The lowest BCUT2D eigenvalue weighted by Crippen LogP contribution is -2.27. The number of amides is 1. The largest absolute Gasteiger partial charge is 0.440 e. The van der Waals surface area contributed by atoms with E-state index in [0.717, 1.165) is 16.9 Å². The molecule has 0 atom stereocenters. The van der Waals surface area contributed by atoms with Crippen LogP contribution in [0, 0.1) is 6.92 Å². The maximum atomic E-state index is 11.8. The molecule has 0 bridgehead atoms. The highest BCUT2D eigenvalue weighted by Crippen LogP contribution is 2.15. The van der Waals surface area contributed by atoms with Crippen molar-refractivity contribution in [3.63, 3.8) is 0 Å². The van der Waals surface area contributed by atoms with Gasteiger partial charge in [0.1, 0.15) is 5.82 Å². The maximum absolute atomic E-state index is 11.8. The molecule has 0 spiro atoms. The summed E-state index contributed by atoms with van der Waals surface area (Å²) in [6.07, 6.45) is 0. The lowest BCUT2D eigenvalue weighted by atomic mass is 10.3. The molecule has 0 unspecified atom stereocenters. The predicted octanol–water partition coefficient (Wildman–Crippen LogP) is 3.02. The Morgan fingerprint density at radius 2 is 2.14 bits per heavy atom. The lowest BCUT2D eigenvalue weighted by Gasteiger charge is -2.07. The Bertz CT molecular complexity index is 791. The predicted molar refractivity (Wildman–Crippen MR) is 80.5 cm³/mol. The van der Waals surface area contributed by atoms with Crippen LogP contribution in [0.3, 0.4) is 0 Å². The van der Waals surface area contributed by atoms with Crippen LogP contribution >= 0.6 is 11.6 Å². The van der Waals surface area contributed by atoms with Gasteiger partial charge in [-0.3, -0.25) is 4.79 Å². The molecule has 0 aliphatic rings. The van der Waals surface area contributed by atoms with Crippen LogP contribution in [0.4, 0.5) is 0 Å². The average Bonchev–Trinajstić information content (AvgIpc) is 3.03. The summed E-state index contributed by atoms with van der Waals surface area (Å²) in [5.41, 5.74) is 2.02. The van der Waals surface area contributed by atoms with Crippen molar-refractivity contribution in [2.24, 2.45) is 0 Å². The van der Waals surface area contributed by atoms with Crippen molar-refractivity contribution in [1.29, 1.82) is 0 Å². The molecule has 21 heavy (non-hydrogen) atoms. The number of furan rings is 1. The smallest absolute Gasteiger partial charge is 0.287 e. The van der Waals surface area contributed by atoms with Crippen LogP contribution in [-0.4, -0.2) is 22.0 Å². The van der Waals surface area contributed by atoms with E-state index in [4.69, 9.17) is 16.0 Å². The van der Waals surface area contributed by atoms with Crippen LogP contribution in [0.25, 0.3) is 11.0 Å². The van der Waals surface area contributed by atoms with E-state index >= 15 is 0 Å². The SMILES string of the molecule is Cc1nc2ccccc2n1CCNC(=O)c1ccc(Cl)o1. The number of rotatable bonds is 4. The fraction of sp³-hybridized carbons (Fsp3) is 0.200. The van der Waals surface area contributed by atoms with Crippen molar-refractivity contribution in [3.8, 4) is 0 Å². The van der Waals surface area contributed by atoms with Crippen molar-refractivity contribution in [3.05, 3.63) is 53.2 Å². The van der Waals surface area contributed by atoms with Crippen LogP contribution in [0.2, 0.25) is 5.22 Å². The number of aryl methyl sites for hydroxylation is 1. The topological polar surface area (TPSA) is 60.1 Å². The number of para-hydroxylation sites is 2. The summed E-state index contributed by atoms with van der Waals surface area (Å²) in [7, 11) is 0. The molecule has 1 amide bonds. The second-order valence-electron chi connectivity index (χ2n) is 4.66. The fourth-order valence-electron chi connectivity index (χ4n) is 2.28. The van der Waals surface area contributed by atoms with Gasteiger partial charge in [0.2, 0.25) is 0 Å². The summed E-state index contributed by atoms with van der Waals surface area (Å²) < 4.78 is 7.14. The summed E-state index contributed by atoms with van der Waals surface area (Å²) in [4.78, 5) is 16.3. The first-order chi connectivity index (χ1) is 10.1. The van der Waals surface area contributed by atoms with E-state index in [-0.39, 0.29) is 16.9 Å². The number of fused-ring (bicyclic) bond motifs is 1. The Morgan fingerprint density at radius 3 is 2.90 bits per heavy atom. The molecule has 6 heteroatoms. The normalized spacial score (nSPS) is 11.0. The van der Waals surface area contributed by atoms with E-state index in [1.54, 1.807) is 12.1 Å². The molecule has 3 aromatic rings. The number of nitrogens with one attached hydrogen (secondary N) is 1. The first-order valence-electron chi connectivity index (χ1n) is 6.60. The quantitative estimate of drug-likeness (QED) is 0.806. The van der Waals surface area contributed by atoms with Crippen LogP contribution in [-0.2, 0) is 6.54 Å². The zero-order valence-corrected chi connectivity index (χ0v) is 12.2. The molecular weight excluding hydrogens is 290 g/mol. The highest BCUT2D eigenvalue weighted by Gasteiger charge is 2.11. The molecule has 0 saturated heterocycles. The molecule has 0 saturated carbocycles. The minimum absolute atomic E-state index is 0.205. The Balaban J connectivity index is 1.67. The van der Waals surface area contributed by atoms with Gasteiger partial charge in [-0.1, -0.05) is 12.1 Å². The fourth-order valence-corrected chi connectivity index (χ4v) is 2.43. The molecule has 0 aliphatic carbocycles. The van der Waals surface area contributed by atoms with Gasteiger partial charge >= 0.3 is 0 Å². The van der Waals surface area contributed by atoms with E-state index in [2.05, 4.69) is 14.9 Å². The second kappa shape index (κ2) is 5.61. The number of hydrogen-bond acceptors (Lipinski definition) is 3. The van der Waals surface area contributed by atoms with E-state index in [1.807, 2.05) is 31.2 Å². The molecule has 0 radical (unpaired) electrons. The Morgan fingerprint density at radius 1 is 1.33 bits per heavy atom. The van der Waals surface area contributed by atoms with Crippen molar-refractivity contribution in [2.45, 2.75) is 13.5 Å². The van der Waals surface area contributed by atoms with E-state index in [1.165, 1.54) is 0 Å². The number of imidazole rings is 1. The van der Waals surface area contributed by atoms with Crippen molar-refractivity contribution in [1.82, 2.24) is 14.9 Å². The molecule has 2 heterocycles. The van der Waals surface area contributed by atoms with Gasteiger partial charge in [-0.2, -0.15) is 0 Å². The third-order valence-electron chi connectivity index (χ3n) is 3.26. The molecule has 0 aliphatic heterocycles. The maximum Gasteiger partial charge on any atom is 0.287 e. The number of carbonyl (C=O) groups excluding carboxylic acids is 1. The zero-order valence-electron chi connectivity index (χ0n) is 11.5. The molecular formula is C15H14ClN3O2. The molecule has 108 valence electrons. The van der Waals surface area contributed by atoms with Gasteiger partial charge in [0.25, 0.3) is 5.91 Å². The summed E-state index contributed by atoms with van der Waals surface area (Å²) in [5, 5.41) is 3.01. The monoisotopic (exact) mass is 303 g/mol. The molecule has 5 nitrogen and oxygen atoms in total. The third-order valence-corrected chi connectivity index (χ3v) is 3.47. The Kier molecular flexibility index (Phi) is 3.66. The van der Waals surface area contributed by atoms with Crippen LogP contribution in [0.15, 0.2) is 40.8 Å². The van der Waals surface area contributed by atoms with E-state index < -0.39 is 0 Å². The summed E-state index contributed by atoms with van der Waals surface area (Å²) in [5.74, 6) is 0.864. The van der Waals surface area contributed by atoms with Crippen molar-refractivity contribution >= 4 is 28.5 Å². The Labute approximate surface area is 126 Å². The first-order valence-corrected chi connectivity index (χ1v) is 6.98. The number of halogens is 1. The standard InChI is InChI=1S/C15H14ClN3O2/c1-10-18-11-4-2-3-5-12(11)19(10)9-8-17-15(20)13-6-7-14(16)21-13/h2-7H,8-9H2,1H3,(H,17,20). The number of nitrogens with zero attached hydrogens (tertiary/aromatic N) is 2. The molecule has 1 N–H and O–H groups in total. The number of benzene rings is 1. The van der Waals surface area contributed by atoms with Gasteiger partial charge in [0, 0.05) is 13.1 Å².